The second-order valence-corrected chi connectivity index (χ2v) is 7.28. The highest BCUT2D eigenvalue weighted by molar-refractivity contribution is 7.16. The van der Waals surface area contributed by atoms with E-state index in [2.05, 4.69) is 25.9 Å². The van der Waals surface area contributed by atoms with Gasteiger partial charge in [0.15, 0.2) is 10.9 Å². The number of hydrogen-bond donors (Lipinski definition) is 3. The lowest BCUT2D eigenvalue weighted by Crippen LogP contribution is -2.34. The standard InChI is InChI=1S/C17H19N5O2S/c23-14(10-2-1-5-18-8-10)13-15-12(4-7-20-13)21-17(25-15)22-16(24)11-3-6-19-9-11/h1-2,5,8,11,13,19-20H,3-4,6-7,9H2,(H,21,22,24). The van der Waals surface area contributed by atoms with Crippen molar-refractivity contribution in [3.8, 4) is 0 Å². The van der Waals surface area contributed by atoms with Crippen LogP contribution in [0.25, 0.3) is 0 Å². The summed E-state index contributed by atoms with van der Waals surface area (Å²) in [6.45, 7) is 2.27. The number of amides is 1. The second kappa shape index (κ2) is 6.99. The van der Waals surface area contributed by atoms with E-state index < -0.39 is 6.04 Å². The van der Waals surface area contributed by atoms with Gasteiger partial charge in [0, 0.05) is 37.5 Å². The number of nitrogens with one attached hydrogen (secondary N) is 3. The van der Waals surface area contributed by atoms with E-state index in [0.717, 1.165) is 30.0 Å². The minimum atomic E-state index is -0.427. The average Bonchev–Trinajstić information content (AvgIpc) is 3.30. The maximum Gasteiger partial charge on any atom is 0.230 e. The van der Waals surface area contributed by atoms with Gasteiger partial charge in [-0.15, -0.1) is 0 Å². The molecule has 2 unspecified atom stereocenters. The number of rotatable bonds is 4. The highest BCUT2D eigenvalue weighted by atomic mass is 32.1. The molecular formula is C17H19N5O2S. The molecule has 7 nitrogen and oxygen atoms in total. The van der Waals surface area contributed by atoms with Crippen molar-refractivity contribution in [3.63, 3.8) is 0 Å². The zero-order valence-corrected chi connectivity index (χ0v) is 14.4. The quantitative estimate of drug-likeness (QED) is 0.711. The maximum atomic E-state index is 12.8. The SMILES string of the molecule is O=C(Nc1nc2c(s1)C(C(=O)c1cccnc1)NCC2)C1CCNC1. The number of fused-ring (bicyclic) bond motifs is 1. The Morgan fingerprint density at radius 1 is 1.32 bits per heavy atom. The van der Waals surface area contributed by atoms with E-state index in [1.54, 1.807) is 24.5 Å². The summed E-state index contributed by atoms with van der Waals surface area (Å²) in [5.41, 5.74) is 1.47. The first-order chi connectivity index (χ1) is 12.2. The fourth-order valence-electron chi connectivity index (χ4n) is 3.22. The van der Waals surface area contributed by atoms with Gasteiger partial charge >= 0.3 is 0 Å². The Morgan fingerprint density at radius 2 is 2.24 bits per heavy atom. The van der Waals surface area contributed by atoms with Gasteiger partial charge in [-0.2, -0.15) is 0 Å². The van der Waals surface area contributed by atoms with E-state index in [9.17, 15) is 9.59 Å². The molecular weight excluding hydrogens is 338 g/mol. The van der Waals surface area contributed by atoms with Crippen LogP contribution in [0.15, 0.2) is 24.5 Å². The topological polar surface area (TPSA) is 96.0 Å². The molecule has 0 spiro atoms. The molecule has 2 atom stereocenters. The predicted molar refractivity (Wildman–Crippen MR) is 94.7 cm³/mol. The summed E-state index contributed by atoms with van der Waals surface area (Å²) in [6.07, 6.45) is 4.83. The van der Waals surface area contributed by atoms with Crippen LogP contribution in [0.3, 0.4) is 0 Å². The van der Waals surface area contributed by atoms with Crippen LogP contribution in [0.2, 0.25) is 0 Å². The minimum Gasteiger partial charge on any atom is -0.316 e. The molecule has 3 N–H and O–H groups in total. The van der Waals surface area contributed by atoms with Gasteiger partial charge in [-0.25, -0.2) is 4.98 Å². The van der Waals surface area contributed by atoms with Gasteiger partial charge in [-0.3, -0.25) is 14.6 Å². The molecule has 0 aromatic carbocycles. The molecule has 0 radical (unpaired) electrons. The van der Waals surface area contributed by atoms with Crippen LogP contribution in [-0.4, -0.2) is 41.3 Å². The Balaban J connectivity index is 1.54. The molecule has 1 fully saturated rings. The monoisotopic (exact) mass is 357 g/mol. The summed E-state index contributed by atoms with van der Waals surface area (Å²) >= 11 is 1.39. The Labute approximate surface area is 149 Å². The number of carbonyl (C=O) groups is 2. The van der Waals surface area contributed by atoms with E-state index in [1.165, 1.54) is 11.3 Å². The summed E-state index contributed by atoms with van der Waals surface area (Å²) in [6, 6.07) is 3.09. The van der Waals surface area contributed by atoms with Crippen LogP contribution in [0, 0.1) is 5.92 Å². The molecule has 4 rings (SSSR count). The minimum absolute atomic E-state index is 0.000748. The lowest BCUT2D eigenvalue weighted by atomic mass is 10.00. The van der Waals surface area contributed by atoms with Crippen molar-refractivity contribution >= 4 is 28.2 Å². The lowest BCUT2D eigenvalue weighted by molar-refractivity contribution is -0.119. The Bertz CT molecular complexity index is 786. The predicted octanol–water partition coefficient (Wildman–Crippen LogP) is 1.16. The van der Waals surface area contributed by atoms with Gasteiger partial charge in [0.25, 0.3) is 0 Å². The van der Waals surface area contributed by atoms with Crippen molar-refractivity contribution in [3.05, 3.63) is 40.7 Å². The number of Topliss-reactive ketones (excluding diaryl/α,β-unsaturated/α-hetero) is 1. The summed E-state index contributed by atoms with van der Waals surface area (Å²) in [4.78, 5) is 34.5. The van der Waals surface area contributed by atoms with Crippen molar-refractivity contribution in [1.82, 2.24) is 20.6 Å². The van der Waals surface area contributed by atoms with Crippen LogP contribution < -0.4 is 16.0 Å². The number of hydrogen-bond acceptors (Lipinski definition) is 7. The Hall–Kier alpha value is -2.16. The number of ketones is 1. The van der Waals surface area contributed by atoms with E-state index in [0.29, 0.717) is 23.8 Å². The number of aromatic nitrogens is 2. The van der Waals surface area contributed by atoms with Gasteiger partial charge in [0.05, 0.1) is 16.5 Å². The van der Waals surface area contributed by atoms with Gasteiger partial charge in [-0.05, 0) is 25.1 Å². The van der Waals surface area contributed by atoms with E-state index >= 15 is 0 Å². The molecule has 2 aliphatic rings. The molecule has 1 saturated heterocycles. The smallest absolute Gasteiger partial charge is 0.230 e. The van der Waals surface area contributed by atoms with Gasteiger partial charge < -0.3 is 16.0 Å². The number of pyridine rings is 1. The highest BCUT2D eigenvalue weighted by Crippen LogP contribution is 2.33. The summed E-state index contributed by atoms with van der Waals surface area (Å²) < 4.78 is 0. The summed E-state index contributed by atoms with van der Waals surface area (Å²) in [5, 5.41) is 9.95. The van der Waals surface area contributed by atoms with Crippen LogP contribution in [0.5, 0.6) is 0 Å². The number of anilines is 1. The second-order valence-electron chi connectivity index (χ2n) is 6.25. The Morgan fingerprint density at radius 3 is 3.00 bits per heavy atom. The molecule has 2 aromatic heterocycles. The molecule has 2 aliphatic heterocycles. The molecule has 8 heteroatoms. The molecule has 0 saturated carbocycles. The molecule has 0 aliphatic carbocycles. The summed E-state index contributed by atoms with van der Waals surface area (Å²) in [7, 11) is 0. The van der Waals surface area contributed by atoms with Crippen LogP contribution in [0.4, 0.5) is 5.13 Å². The molecule has 4 heterocycles. The van der Waals surface area contributed by atoms with E-state index in [4.69, 9.17) is 0 Å². The fraction of sp³-hybridized carbons (Fsp3) is 0.412. The summed E-state index contributed by atoms with van der Waals surface area (Å²) in [5.74, 6) is -0.0263. The van der Waals surface area contributed by atoms with Crippen LogP contribution in [-0.2, 0) is 11.2 Å². The molecule has 2 aromatic rings. The van der Waals surface area contributed by atoms with Gasteiger partial charge in [0.1, 0.15) is 6.04 Å². The molecule has 1 amide bonds. The van der Waals surface area contributed by atoms with Crippen LogP contribution in [0.1, 0.15) is 33.4 Å². The van der Waals surface area contributed by atoms with E-state index in [-0.39, 0.29) is 17.6 Å². The number of nitrogens with zero attached hydrogens (tertiary/aromatic N) is 2. The maximum absolute atomic E-state index is 12.8. The zero-order chi connectivity index (χ0) is 17.2. The molecule has 25 heavy (non-hydrogen) atoms. The van der Waals surface area contributed by atoms with Crippen molar-refractivity contribution in [2.45, 2.75) is 18.9 Å². The average molecular weight is 357 g/mol. The molecule has 130 valence electrons. The van der Waals surface area contributed by atoms with Crippen molar-refractivity contribution in [1.29, 1.82) is 0 Å². The fourth-order valence-corrected chi connectivity index (χ4v) is 4.31. The first-order valence-corrected chi connectivity index (χ1v) is 9.23. The normalized spacial score (nSPS) is 22.4. The van der Waals surface area contributed by atoms with Crippen molar-refractivity contribution in [2.75, 3.05) is 25.0 Å². The van der Waals surface area contributed by atoms with Gasteiger partial charge in [0.2, 0.25) is 5.91 Å². The van der Waals surface area contributed by atoms with Crippen molar-refractivity contribution in [2.24, 2.45) is 5.92 Å². The number of carbonyl (C=O) groups excluding carboxylic acids is 2. The van der Waals surface area contributed by atoms with Crippen molar-refractivity contribution < 1.29 is 9.59 Å². The number of thiazole rings is 1. The molecule has 0 bridgehead atoms. The largest absolute Gasteiger partial charge is 0.316 e. The Kier molecular flexibility index (Phi) is 4.56. The lowest BCUT2D eigenvalue weighted by Gasteiger charge is -2.21. The van der Waals surface area contributed by atoms with Gasteiger partial charge in [-0.1, -0.05) is 11.3 Å². The van der Waals surface area contributed by atoms with Crippen LogP contribution >= 0.6 is 11.3 Å². The first-order valence-electron chi connectivity index (χ1n) is 8.41. The first kappa shape index (κ1) is 16.3. The third-order valence-corrected chi connectivity index (χ3v) is 5.65. The highest BCUT2D eigenvalue weighted by Gasteiger charge is 2.31. The zero-order valence-electron chi connectivity index (χ0n) is 13.6. The van der Waals surface area contributed by atoms with E-state index in [1.807, 2.05) is 0 Å². The third kappa shape index (κ3) is 3.33. The third-order valence-electron chi connectivity index (χ3n) is 4.57.